The fourth-order valence-electron chi connectivity index (χ4n) is 3.13. The summed E-state index contributed by atoms with van der Waals surface area (Å²) >= 11 is 12.4. The van der Waals surface area contributed by atoms with E-state index in [4.69, 9.17) is 28.2 Å². The molecule has 0 unspecified atom stereocenters. The van der Waals surface area contributed by atoms with Crippen molar-refractivity contribution < 1.29 is 4.79 Å². The molecular formula is C22H19Cl2N5O. The van der Waals surface area contributed by atoms with Gasteiger partial charge in [-0.25, -0.2) is 9.97 Å². The average Bonchev–Trinajstić information content (AvgIpc) is 3.20. The third-order valence-corrected chi connectivity index (χ3v) is 5.27. The van der Waals surface area contributed by atoms with Crippen molar-refractivity contribution in [3.8, 4) is 11.3 Å². The topological polar surface area (TPSA) is 72.2 Å². The van der Waals surface area contributed by atoms with Crippen LogP contribution in [0, 0.1) is 0 Å². The van der Waals surface area contributed by atoms with Gasteiger partial charge in [-0.2, -0.15) is 0 Å². The zero-order valence-electron chi connectivity index (χ0n) is 16.3. The summed E-state index contributed by atoms with van der Waals surface area (Å²) in [4.78, 5) is 24.8. The maximum absolute atomic E-state index is 11.3. The lowest BCUT2D eigenvalue weighted by Gasteiger charge is -2.11. The van der Waals surface area contributed by atoms with E-state index < -0.39 is 0 Å². The fraction of sp³-hybridized carbons (Fsp3) is 0.182. The molecule has 0 atom stereocenters. The van der Waals surface area contributed by atoms with E-state index >= 15 is 0 Å². The number of fused-ring (bicyclic) bond motifs is 1. The number of hydrogen-bond donors (Lipinski definition) is 1. The summed E-state index contributed by atoms with van der Waals surface area (Å²) in [5.41, 5.74) is 3.87. The van der Waals surface area contributed by atoms with E-state index in [2.05, 4.69) is 15.3 Å². The van der Waals surface area contributed by atoms with Crippen LogP contribution >= 0.6 is 23.2 Å². The normalized spacial score (nSPS) is 11.0. The molecule has 0 amide bonds. The Bertz CT molecular complexity index is 1200. The van der Waals surface area contributed by atoms with Crippen molar-refractivity contribution >= 4 is 40.6 Å². The second kappa shape index (κ2) is 8.81. The number of Topliss-reactive ketones (excluding diaryl/α,β-unsaturated/α-hetero) is 1. The first-order valence-electron chi connectivity index (χ1n) is 9.50. The quantitative estimate of drug-likeness (QED) is 0.310. The predicted octanol–water partition coefficient (Wildman–Crippen LogP) is 5.35. The number of carbonyl (C=O) groups excluding carboxylic acids is 1. The molecule has 3 aromatic heterocycles. The van der Waals surface area contributed by atoms with Crippen LogP contribution in [0.15, 0.2) is 55.0 Å². The number of aryl methyl sites for hydroxylation is 1. The van der Waals surface area contributed by atoms with Crippen LogP contribution in [-0.2, 0) is 6.42 Å². The summed E-state index contributed by atoms with van der Waals surface area (Å²) in [6, 6.07) is 10.9. The number of ketones is 1. The van der Waals surface area contributed by atoms with Crippen LogP contribution in [0.5, 0.6) is 0 Å². The van der Waals surface area contributed by atoms with E-state index in [1.165, 1.54) is 6.92 Å². The first kappa shape index (κ1) is 20.3. The number of benzene rings is 1. The largest absolute Gasteiger partial charge is 0.355 e. The van der Waals surface area contributed by atoms with Crippen molar-refractivity contribution in [1.82, 2.24) is 19.4 Å². The number of rotatable bonds is 7. The molecule has 0 bridgehead atoms. The molecule has 0 aliphatic carbocycles. The van der Waals surface area contributed by atoms with E-state index in [1.807, 2.05) is 34.9 Å². The van der Waals surface area contributed by atoms with Gasteiger partial charge in [0, 0.05) is 53.0 Å². The molecule has 3 heterocycles. The molecule has 4 rings (SSSR count). The van der Waals surface area contributed by atoms with Crippen molar-refractivity contribution in [2.24, 2.45) is 0 Å². The third-order valence-electron chi connectivity index (χ3n) is 4.72. The molecule has 0 spiro atoms. The van der Waals surface area contributed by atoms with Gasteiger partial charge in [0.25, 0.3) is 0 Å². The van der Waals surface area contributed by atoms with Gasteiger partial charge in [0.05, 0.1) is 10.7 Å². The Morgan fingerprint density at radius 3 is 2.73 bits per heavy atom. The van der Waals surface area contributed by atoms with Crippen molar-refractivity contribution in [2.75, 3.05) is 11.9 Å². The van der Waals surface area contributed by atoms with Gasteiger partial charge in [-0.15, -0.1) is 0 Å². The molecule has 1 aromatic carbocycles. The van der Waals surface area contributed by atoms with Crippen molar-refractivity contribution in [1.29, 1.82) is 0 Å². The lowest BCUT2D eigenvalue weighted by Crippen LogP contribution is -2.09. The van der Waals surface area contributed by atoms with E-state index in [9.17, 15) is 4.79 Å². The number of pyridine rings is 1. The molecular weight excluding hydrogens is 421 g/mol. The lowest BCUT2D eigenvalue weighted by molar-refractivity contribution is 0.101. The highest BCUT2D eigenvalue weighted by Gasteiger charge is 2.11. The Morgan fingerprint density at radius 2 is 2.00 bits per heavy atom. The maximum atomic E-state index is 11.3. The van der Waals surface area contributed by atoms with Gasteiger partial charge in [0.1, 0.15) is 5.65 Å². The van der Waals surface area contributed by atoms with Crippen LogP contribution in [0.3, 0.4) is 0 Å². The number of nitrogens with zero attached hydrogens (tertiary/aromatic N) is 4. The molecule has 6 nitrogen and oxygen atoms in total. The van der Waals surface area contributed by atoms with Crippen LogP contribution < -0.4 is 5.32 Å². The highest BCUT2D eigenvalue weighted by atomic mass is 35.5. The second-order valence-corrected chi connectivity index (χ2v) is 7.71. The van der Waals surface area contributed by atoms with Gasteiger partial charge < -0.3 is 5.32 Å². The second-order valence-electron chi connectivity index (χ2n) is 6.87. The van der Waals surface area contributed by atoms with Crippen molar-refractivity contribution in [3.05, 3.63) is 76.3 Å². The minimum absolute atomic E-state index is 0.0202. The molecule has 0 aliphatic rings. The number of hydrogen-bond acceptors (Lipinski definition) is 5. The monoisotopic (exact) mass is 439 g/mol. The minimum Gasteiger partial charge on any atom is -0.355 e. The Balaban J connectivity index is 1.48. The molecule has 30 heavy (non-hydrogen) atoms. The average molecular weight is 440 g/mol. The van der Waals surface area contributed by atoms with Crippen LogP contribution in [-0.4, -0.2) is 31.7 Å². The molecule has 1 N–H and O–H groups in total. The van der Waals surface area contributed by atoms with E-state index in [1.54, 1.807) is 24.5 Å². The van der Waals surface area contributed by atoms with Gasteiger partial charge >= 0.3 is 0 Å². The van der Waals surface area contributed by atoms with Gasteiger partial charge in [-0.1, -0.05) is 23.2 Å². The Labute approximate surface area is 183 Å². The molecule has 0 radical (unpaired) electrons. The molecule has 152 valence electrons. The zero-order chi connectivity index (χ0) is 21.1. The van der Waals surface area contributed by atoms with Crippen molar-refractivity contribution in [2.45, 2.75) is 19.8 Å². The van der Waals surface area contributed by atoms with Gasteiger partial charge in [-0.3, -0.25) is 14.2 Å². The van der Waals surface area contributed by atoms with Crippen LogP contribution in [0.4, 0.5) is 5.95 Å². The predicted molar refractivity (Wildman–Crippen MR) is 119 cm³/mol. The summed E-state index contributed by atoms with van der Waals surface area (Å²) in [5, 5.41) is 4.49. The fourth-order valence-corrected chi connectivity index (χ4v) is 3.64. The van der Waals surface area contributed by atoms with E-state index in [-0.39, 0.29) is 5.78 Å². The lowest BCUT2D eigenvalue weighted by atomic mass is 10.1. The molecule has 4 aromatic rings. The Morgan fingerprint density at radius 1 is 1.13 bits per heavy atom. The zero-order valence-corrected chi connectivity index (χ0v) is 17.8. The summed E-state index contributed by atoms with van der Waals surface area (Å²) < 4.78 is 1.90. The summed E-state index contributed by atoms with van der Waals surface area (Å²) in [6.45, 7) is 2.24. The number of anilines is 1. The molecule has 8 heteroatoms. The van der Waals surface area contributed by atoms with Crippen LogP contribution in [0.25, 0.3) is 16.9 Å². The molecule has 0 fully saturated rings. The maximum Gasteiger partial charge on any atom is 0.209 e. The van der Waals surface area contributed by atoms with Gasteiger partial charge in [0.2, 0.25) is 5.95 Å². The SMILES string of the molecule is CC(=O)c1ccc(CCCNc2nc(-c3ccc(Cl)cc3Cl)cc3nccn23)nc1. The first-order chi connectivity index (χ1) is 14.5. The van der Waals surface area contributed by atoms with Gasteiger partial charge in [-0.05, 0) is 50.1 Å². The van der Waals surface area contributed by atoms with E-state index in [0.717, 1.165) is 35.4 Å². The summed E-state index contributed by atoms with van der Waals surface area (Å²) in [7, 11) is 0. The number of carbonyl (C=O) groups is 1. The highest BCUT2D eigenvalue weighted by Crippen LogP contribution is 2.30. The number of imidazole rings is 1. The molecule has 0 saturated heterocycles. The van der Waals surface area contributed by atoms with Gasteiger partial charge in [0.15, 0.2) is 5.78 Å². The molecule has 0 aliphatic heterocycles. The summed E-state index contributed by atoms with van der Waals surface area (Å²) in [6.07, 6.45) is 6.87. The smallest absolute Gasteiger partial charge is 0.209 e. The summed E-state index contributed by atoms with van der Waals surface area (Å²) in [5.74, 6) is 0.706. The Hall–Kier alpha value is -2.96. The minimum atomic E-state index is 0.0202. The number of halogens is 2. The molecule has 0 saturated carbocycles. The van der Waals surface area contributed by atoms with Crippen LogP contribution in [0.1, 0.15) is 29.4 Å². The van der Waals surface area contributed by atoms with Crippen LogP contribution in [0.2, 0.25) is 10.0 Å². The number of nitrogens with one attached hydrogen (secondary N) is 1. The Kier molecular flexibility index (Phi) is 5.97. The number of aromatic nitrogens is 4. The van der Waals surface area contributed by atoms with E-state index in [0.29, 0.717) is 28.1 Å². The standard InChI is InChI=1S/C22H19Cl2N5O/c1-14(30)15-4-6-17(27-13-15)3-2-8-26-22-28-20(12-21-25-9-10-29(21)22)18-7-5-16(23)11-19(18)24/h4-7,9-13H,2-3,8H2,1H3,(H,26,28). The van der Waals surface area contributed by atoms with Crippen molar-refractivity contribution in [3.63, 3.8) is 0 Å². The third kappa shape index (κ3) is 4.45. The first-order valence-corrected chi connectivity index (χ1v) is 10.3. The highest BCUT2D eigenvalue weighted by molar-refractivity contribution is 6.36.